The third-order valence-electron chi connectivity index (χ3n) is 4.57. The van der Waals surface area contributed by atoms with E-state index in [9.17, 15) is 14.4 Å². The highest BCUT2D eigenvalue weighted by molar-refractivity contribution is 5.94. The summed E-state index contributed by atoms with van der Waals surface area (Å²) in [6, 6.07) is 10.2. The summed E-state index contributed by atoms with van der Waals surface area (Å²) in [7, 11) is 2.92. The number of carbonyl (C=O) groups excluding carboxylic acids is 1. The zero-order valence-corrected chi connectivity index (χ0v) is 16.2. The molecule has 1 aromatic carbocycles. The molecule has 1 amide bonds. The minimum absolute atomic E-state index is 0.133. The van der Waals surface area contributed by atoms with E-state index >= 15 is 0 Å². The fourth-order valence-corrected chi connectivity index (χ4v) is 2.95. The van der Waals surface area contributed by atoms with Crippen LogP contribution in [0.1, 0.15) is 35.9 Å². The number of nitrogens with zero attached hydrogens (tertiary/aromatic N) is 3. The third kappa shape index (κ3) is 3.53. The van der Waals surface area contributed by atoms with Crippen LogP contribution in [0.2, 0.25) is 0 Å². The fourth-order valence-electron chi connectivity index (χ4n) is 2.95. The maximum absolute atomic E-state index is 12.6. The van der Waals surface area contributed by atoms with Crippen molar-refractivity contribution in [3.05, 3.63) is 68.5 Å². The predicted octanol–water partition coefficient (Wildman–Crippen LogP) is 1.52. The molecule has 0 radical (unpaired) electrons. The molecule has 146 valence electrons. The number of rotatable bonds is 5. The Balaban J connectivity index is 1.87. The van der Waals surface area contributed by atoms with Crippen molar-refractivity contribution in [1.82, 2.24) is 19.4 Å². The molecule has 1 unspecified atom stereocenters. The van der Waals surface area contributed by atoms with Crippen LogP contribution < -0.4 is 21.3 Å². The first-order chi connectivity index (χ1) is 13.3. The quantitative estimate of drug-likeness (QED) is 0.722. The van der Waals surface area contributed by atoms with Gasteiger partial charge in [-0.1, -0.05) is 12.1 Å². The fraction of sp³-hybridized carbons (Fsp3) is 0.300. The molecule has 0 aliphatic carbocycles. The van der Waals surface area contributed by atoms with Crippen LogP contribution in [0.5, 0.6) is 5.75 Å². The number of amides is 1. The molecular formula is C20H22N4O4. The molecule has 0 saturated heterocycles. The normalized spacial score (nSPS) is 12.0. The molecule has 8 heteroatoms. The first kappa shape index (κ1) is 19.3. The standard InChI is InChI=1S/C20H22N4O4/c1-5-28-14-8-6-13(7-9-14)12(2)21-18(25)16-11-10-15-17(22-16)23(3)20(27)24(4)19(15)26/h6-12H,5H2,1-4H3,(H,21,25). The van der Waals surface area contributed by atoms with E-state index in [0.29, 0.717) is 6.61 Å². The van der Waals surface area contributed by atoms with Crippen LogP contribution in [-0.4, -0.2) is 26.6 Å². The zero-order chi connectivity index (χ0) is 20.4. The largest absolute Gasteiger partial charge is 0.494 e. The number of fused-ring (bicyclic) bond motifs is 1. The average molecular weight is 382 g/mol. The van der Waals surface area contributed by atoms with Gasteiger partial charge in [-0.25, -0.2) is 9.78 Å². The first-order valence-electron chi connectivity index (χ1n) is 8.94. The molecule has 8 nitrogen and oxygen atoms in total. The van der Waals surface area contributed by atoms with Gasteiger partial charge in [0, 0.05) is 14.1 Å². The molecule has 0 aliphatic rings. The Morgan fingerprint density at radius 3 is 2.43 bits per heavy atom. The summed E-state index contributed by atoms with van der Waals surface area (Å²) in [6.45, 7) is 4.37. The molecule has 28 heavy (non-hydrogen) atoms. The van der Waals surface area contributed by atoms with Crippen LogP contribution in [0.15, 0.2) is 46.0 Å². The van der Waals surface area contributed by atoms with Gasteiger partial charge >= 0.3 is 5.69 Å². The Morgan fingerprint density at radius 1 is 1.11 bits per heavy atom. The number of pyridine rings is 1. The maximum atomic E-state index is 12.6. The zero-order valence-electron chi connectivity index (χ0n) is 16.2. The van der Waals surface area contributed by atoms with E-state index in [1.54, 1.807) is 0 Å². The van der Waals surface area contributed by atoms with Gasteiger partial charge < -0.3 is 10.1 Å². The molecule has 3 aromatic rings. The minimum atomic E-state index is -0.495. The summed E-state index contributed by atoms with van der Waals surface area (Å²) in [5.41, 5.74) is 0.285. The van der Waals surface area contributed by atoms with Gasteiger partial charge in [0.15, 0.2) is 0 Å². The summed E-state index contributed by atoms with van der Waals surface area (Å²) in [6.07, 6.45) is 0. The molecule has 0 bridgehead atoms. The lowest BCUT2D eigenvalue weighted by molar-refractivity contribution is 0.0935. The van der Waals surface area contributed by atoms with Crippen LogP contribution >= 0.6 is 0 Å². The first-order valence-corrected chi connectivity index (χ1v) is 8.94. The summed E-state index contributed by atoms with van der Waals surface area (Å²) in [4.78, 5) is 41.2. The van der Waals surface area contributed by atoms with Gasteiger partial charge in [0.25, 0.3) is 11.5 Å². The number of hydrogen-bond donors (Lipinski definition) is 1. The van der Waals surface area contributed by atoms with E-state index in [-0.39, 0.29) is 22.8 Å². The number of ether oxygens (including phenoxy) is 1. The van der Waals surface area contributed by atoms with Crippen molar-refractivity contribution in [2.24, 2.45) is 14.1 Å². The minimum Gasteiger partial charge on any atom is -0.494 e. The number of carbonyl (C=O) groups is 1. The average Bonchev–Trinajstić information content (AvgIpc) is 2.71. The number of hydrogen-bond acceptors (Lipinski definition) is 5. The van der Waals surface area contributed by atoms with Crippen molar-refractivity contribution in [2.75, 3.05) is 6.61 Å². The van der Waals surface area contributed by atoms with Crippen molar-refractivity contribution < 1.29 is 9.53 Å². The summed E-state index contributed by atoms with van der Waals surface area (Å²) < 4.78 is 7.68. The molecule has 3 rings (SSSR count). The highest BCUT2D eigenvalue weighted by Crippen LogP contribution is 2.18. The molecule has 2 aromatic heterocycles. The lowest BCUT2D eigenvalue weighted by Gasteiger charge is -2.15. The Morgan fingerprint density at radius 2 is 1.79 bits per heavy atom. The smallest absolute Gasteiger partial charge is 0.332 e. The SMILES string of the molecule is CCOc1ccc(C(C)NC(=O)c2ccc3c(=O)n(C)c(=O)n(C)c3n2)cc1. The molecule has 1 N–H and O–H groups in total. The van der Waals surface area contributed by atoms with E-state index in [1.165, 1.54) is 30.8 Å². The van der Waals surface area contributed by atoms with Crippen molar-refractivity contribution in [1.29, 1.82) is 0 Å². The molecule has 2 heterocycles. The van der Waals surface area contributed by atoms with E-state index in [0.717, 1.165) is 15.9 Å². The second-order valence-corrected chi connectivity index (χ2v) is 6.47. The summed E-state index contributed by atoms with van der Waals surface area (Å²) >= 11 is 0. The van der Waals surface area contributed by atoms with Crippen LogP contribution in [0.4, 0.5) is 0 Å². The topological polar surface area (TPSA) is 95.2 Å². The van der Waals surface area contributed by atoms with Gasteiger partial charge in [0.05, 0.1) is 18.0 Å². The summed E-state index contributed by atoms with van der Waals surface area (Å²) in [5.74, 6) is 0.375. The Kier molecular flexibility index (Phi) is 5.30. The predicted molar refractivity (Wildman–Crippen MR) is 106 cm³/mol. The van der Waals surface area contributed by atoms with Crippen molar-refractivity contribution >= 4 is 16.9 Å². The molecule has 0 saturated carbocycles. The second kappa shape index (κ2) is 7.67. The lowest BCUT2D eigenvalue weighted by Crippen LogP contribution is -2.37. The lowest BCUT2D eigenvalue weighted by atomic mass is 10.1. The van der Waals surface area contributed by atoms with Crippen molar-refractivity contribution in [3.8, 4) is 5.75 Å². The van der Waals surface area contributed by atoms with Crippen LogP contribution in [-0.2, 0) is 14.1 Å². The van der Waals surface area contributed by atoms with E-state index in [2.05, 4.69) is 10.3 Å². The molecule has 0 fully saturated rings. The molecule has 0 spiro atoms. The summed E-state index contributed by atoms with van der Waals surface area (Å²) in [5, 5.41) is 3.15. The van der Waals surface area contributed by atoms with Crippen LogP contribution in [0.3, 0.4) is 0 Å². The number of nitrogens with one attached hydrogen (secondary N) is 1. The maximum Gasteiger partial charge on any atom is 0.332 e. The molecule has 0 aliphatic heterocycles. The third-order valence-corrected chi connectivity index (χ3v) is 4.57. The monoisotopic (exact) mass is 382 g/mol. The van der Waals surface area contributed by atoms with Crippen molar-refractivity contribution in [2.45, 2.75) is 19.9 Å². The van der Waals surface area contributed by atoms with Crippen molar-refractivity contribution in [3.63, 3.8) is 0 Å². The van der Waals surface area contributed by atoms with Gasteiger partial charge in [-0.2, -0.15) is 0 Å². The highest BCUT2D eigenvalue weighted by Gasteiger charge is 2.16. The highest BCUT2D eigenvalue weighted by atomic mass is 16.5. The number of aryl methyl sites for hydroxylation is 1. The van der Waals surface area contributed by atoms with Gasteiger partial charge in [-0.15, -0.1) is 0 Å². The van der Waals surface area contributed by atoms with Gasteiger partial charge in [0.1, 0.15) is 17.1 Å². The van der Waals surface area contributed by atoms with E-state index in [4.69, 9.17) is 4.74 Å². The molecule has 1 atom stereocenters. The van der Waals surface area contributed by atoms with E-state index in [1.807, 2.05) is 38.1 Å². The van der Waals surface area contributed by atoms with Gasteiger partial charge in [-0.05, 0) is 43.7 Å². The second-order valence-electron chi connectivity index (χ2n) is 6.47. The Bertz CT molecular complexity index is 1150. The van der Waals surface area contributed by atoms with Gasteiger partial charge in [-0.3, -0.25) is 18.7 Å². The van der Waals surface area contributed by atoms with Crippen LogP contribution in [0.25, 0.3) is 11.0 Å². The van der Waals surface area contributed by atoms with Gasteiger partial charge in [0.2, 0.25) is 0 Å². The Hall–Kier alpha value is -3.42. The Labute approximate surface area is 161 Å². The van der Waals surface area contributed by atoms with Crippen LogP contribution in [0, 0.1) is 0 Å². The molecular weight excluding hydrogens is 360 g/mol. The number of aromatic nitrogens is 3. The van der Waals surface area contributed by atoms with E-state index < -0.39 is 17.2 Å². The number of benzene rings is 1.